The lowest BCUT2D eigenvalue weighted by Gasteiger charge is -2.18. The molecule has 6 nitrogen and oxygen atoms in total. The summed E-state index contributed by atoms with van der Waals surface area (Å²) in [6, 6.07) is 13.7. The zero-order chi connectivity index (χ0) is 21.8. The van der Waals surface area contributed by atoms with Crippen LogP contribution in [0.25, 0.3) is 0 Å². The highest BCUT2D eigenvalue weighted by Gasteiger charge is 2.19. The van der Waals surface area contributed by atoms with Gasteiger partial charge in [0.05, 0.1) is 23.1 Å². The first-order valence-corrected chi connectivity index (χ1v) is 14.0. The molecule has 0 bridgehead atoms. The molecule has 2 aliphatic rings. The molecule has 2 aliphatic heterocycles. The van der Waals surface area contributed by atoms with Crippen LogP contribution in [0.1, 0.15) is 0 Å². The van der Waals surface area contributed by atoms with E-state index in [-0.39, 0.29) is 9.79 Å². The van der Waals surface area contributed by atoms with Gasteiger partial charge in [0.15, 0.2) is 0 Å². The van der Waals surface area contributed by atoms with E-state index >= 15 is 0 Å². The molecule has 0 amide bonds. The maximum absolute atomic E-state index is 13.0. The van der Waals surface area contributed by atoms with E-state index in [9.17, 15) is 8.42 Å². The lowest BCUT2D eigenvalue weighted by Crippen LogP contribution is -2.29. The first-order valence-electron chi connectivity index (χ1n) is 9.70. The SMILES string of the molecule is O=S(=O)(c1ccc(NCN2CCSC2=S)cc1)c1ccc(NCN2CCSC2=S)cc1. The van der Waals surface area contributed by atoms with Crippen LogP contribution in [0.4, 0.5) is 11.4 Å². The Bertz CT molecular complexity index is 978. The Morgan fingerprint density at radius 2 is 1.13 bits per heavy atom. The van der Waals surface area contributed by atoms with Gasteiger partial charge in [0, 0.05) is 36.0 Å². The summed E-state index contributed by atoms with van der Waals surface area (Å²) >= 11 is 13.9. The summed E-state index contributed by atoms with van der Waals surface area (Å²) in [5, 5.41) is 6.58. The van der Waals surface area contributed by atoms with Gasteiger partial charge < -0.3 is 20.4 Å². The minimum Gasteiger partial charge on any atom is -0.368 e. The summed E-state index contributed by atoms with van der Waals surface area (Å²) in [6.45, 7) is 3.09. The predicted molar refractivity (Wildman–Crippen MR) is 139 cm³/mol. The molecule has 0 unspecified atom stereocenters. The number of nitrogens with zero attached hydrogens (tertiary/aromatic N) is 2. The Kier molecular flexibility index (Phi) is 7.27. The average molecular weight is 511 g/mol. The van der Waals surface area contributed by atoms with Gasteiger partial charge in [-0.05, 0) is 48.5 Å². The minimum atomic E-state index is -3.58. The van der Waals surface area contributed by atoms with Crippen molar-refractivity contribution >= 4 is 77.8 Å². The number of thiocarbonyl (C=S) groups is 2. The molecule has 2 fully saturated rings. The molecule has 2 aromatic rings. The molecule has 31 heavy (non-hydrogen) atoms. The van der Waals surface area contributed by atoms with E-state index in [0.717, 1.165) is 44.6 Å². The van der Waals surface area contributed by atoms with Crippen LogP contribution in [0.2, 0.25) is 0 Å². The normalized spacial score (nSPS) is 16.8. The molecule has 2 heterocycles. The molecule has 11 heteroatoms. The topological polar surface area (TPSA) is 64.7 Å². The fourth-order valence-electron chi connectivity index (χ4n) is 3.15. The minimum absolute atomic E-state index is 0.269. The highest BCUT2D eigenvalue weighted by atomic mass is 32.2. The van der Waals surface area contributed by atoms with Crippen molar-refractivity contribution in [3.8, 4) is 0 Å². The monoisotopic (exact) mass is 510 g/mol. The van der Waals surface area contributed by atoms with E-state index in [2.05, 4.69) is 20.4 Å². The Labute approximate surface area is 202 Å². The molecule has 0 saturated carbocycles. The molecule has 0 atom stereocenters. The van der Waals surface area contributed by atoms with Crippen LogP contribution in [0.5, 0.6) is 0 Å². The standard InChI is InChI=1S/C20H22N4O2S5/c25-31(26,17-5-1-15(2-6-17)21-13-23-9-11-29-19(23)27)18-7-3-16(4-8-18)22-14-24-10-12-30-20(24)28/h1-8,21-22H,9-14H2. The quantitative estimate of drug-likeness (QED) is 0.511. The van der Waals surface area contributed by atoms with Crippen LogP contribution >= 0.6 is 48.0 Å². The molecule has 0 aromatic heterocycles. The van der Waals surface area contributed by atoms with Crippen LogP contribution in [0.15, 0.2) is 58.3 Å². The molecule has 2 saturated heterocycles. The van der Waals surface area contributed by atoms with Crippen molar-refractivity contribution < 1.29 is 8.42 Å². The van der Waals surface area contributed by atoms with Crippen molar-refractivity contribution in [3.63, 3.8) is 0 Å². The van der Waals surface area contributed by atoms with E-state index < -0.39 is 9.84 Å². The van der Waals surface area contributed by atoms with Gasteiger partial charge >= 0.3 is 0 Å². The molecule has 0 radical (unpaired) electrons. The number of sulfone groups is 1. The molecule has 4 rings (SSSR count). The van der Waals surface area contributed by atoms with Crippen molar-refractivity contribution in [2.24, 2.45) is 0 Å². The van der Waals surface area contributed by atoms with Crippen LogP contribution < -0.4 is 10.6 Å². The maximum atomic E-state index is 13.0. The van der Waals surface area contributed by atoms with Gasteiger partial charge in [0.2, 0.25) is 9.84 Å². The Balaban J connectivity index is 1.37. The summed E-state index contributed by atoms with van der Waals surface area (Å²) in [7, 11) is -3.58. The first kappa shape index (κ1) is 22.7. The number of anilines is 2. The van der Waals surface area contributed by atoms with Crippen LogP contribution in [-0.4, -0.2) is 64.8 Å². The summed E-state index contributed by atoms with van der Waals surface area (Å²) in [5.41, 5.74) is 1.72. The second-order valence-electron chi connectivity index (χ2n) is 6.98. The number of hydrogen-bond acceptors (Lipinski definition) is 8. The maximum Gasteiger partial charge on any atom is 0.206 e. The third kappa shape index (κ3) is 5.46. The van der Waals surface area contributed by atoms with Crippen molar-refractivity contribution in [1.29, 1.82) is 0 Å². The average Bonchev–Trinajstić information content (AvgIpc) is 3.38. The van der Waals surface area contributed by atoms with E-state index in [1.54, 1.807) is 72.1 Å². The van der Waals surface area contributed by atoms with Gasteiger partial charge in [-0.15, -0.1) is 0 Å². The molecule has 2 N–H and O–H groups in total. The number of benzene rings is 2. The second kappa shape index (κ2) is 9.95. The highest BCUT2D eigenvalue weighted by molar-refractivity contribution is 8.23. The molecule has 0 spiro atoms. The number of nitrogens with one attached hydrogen (secondary N) is 2. The number of thioether (sulfide) groups is 2. The fraction of sp³-hybridized carbons (Fsp3) is 0.300. The van der Waals surface area contributed by atoms with Gasteiger partial charge in [-0.3, -0.25) is 0 Å². The first-order chi connectivity index (χ1) is 14.9. The fourth-order valence-corrected chi connectivity index (χ4v) is 6.87. The molecular formula is C20H22N4O2S5. The van der Waals surface area contributed by atoms with Gasteiger partial charge in [-0.1, -0.05) is 48.0 Å². The second-order valence-corrected chi connectivity index (χ2v) is 12.4. The van der Waals surface area contributed by atoms with Gasteiger partial charge in [0.1, 0.15) is 8.64 Å². The lowest BCUT2D eigenvalue weighted by molar-refractivity contribution is 0.502. The van der Waals surface area contributed by atoms with Crippen molar-refractivity contribution in [2.45, 2.75) is 9.79 Å². The van der Waals surface area contributed by atoms with E-state index in [4.69, 9.17) is 24.4 Å². The van der Waals surface area contributed by atoms with Crippen LogP contribution in [0, 0.1) is 0 Å². The Morgan fingerprint density at radius 3 is 1.45 bits per heavy atom. The van der Waals surface area contributed by atoms with Gasteiger partial charge in [0.25, 0.3) is 0 Å². The lowest BCUT2D eigenvalue weighted by atomic mass is 10.3. The van der Waals surface area contributed by atoms with E-state index in [1.807, 2.05) is 0 Å². The van der Waals surface area contributed by atoms with Gasteiger partial charge in [-0.25, -0.2) is 8.42 Å². The largest absolute Gasteiger partial charge is 0.368 e. The van der Waals surface area contributed by atoms with Crippen LogP contribution in [0.3, 0.4) is 0 Å². The van der Waals surface area contributed by atoms with Gasteiger partial charge in [-0.2, -0.15) is 0 Å². The highest BCUT2D eigenvalue weighted by Crippen LogP contribution is 2.25. The Morgan fingerprint density at radius 1 is 0.742 bits per heavy atom. The molecule has 164 valence electrons. The summed E-state index contributed by atoms with van der Waals surface area (Å²) in [6.07, 6.45) is 0. The third-order valence-electron chi connectivity index (χ3n) is 4.97. The zero-order valence-corrected chi connectivity index (χ0v) is 20.7. The summed E-state index contributed by atoms with van der Waals surface area (Å²) in [4.78, 5) is 4.73. The summed E-state index contributed by atoms with van der Waals surface area (Å²) < 4.78 is 27.7. The van der Waals surface area contributed by atoms with Crippen molar-refractivity contribution in [1.82, 2.24) is 9.80 Å². The third-order valence-corrected chi connectivity index (χ3v) is 9.76. The van der Waals surface area contributed by atoms with E-state index in [0.29, 0.717) is 13.3 Å². The van der Waals surface area contributed by atoms with E-state index in [1.165, 1.54) is 0 Å². The zero-order valence-electron chi connectivity index (χ0n) is 16.6. The summed E-state index contributed by atoms with van der Waals surface area (Å²) in [5.74, 6) is 2.02. The predicted octanol–water partition coefficient (Wildman–Crippen LogP) is 3.93. The Hall–Kier alpha value is -1.53. The number of rotatable bonds is 8. The molecule has 2 aromatic carbocycles. The van der Waals surface area contributed by atoms with Crippen LogP contribution in [-0.2, 0) is 9.84 Å². The number of hydrogen-bond donors (Lipinski definition) is 2. The smallest absolute Gasteiger partial charge is 0.206 e. The molecular weight excluding hydrogens is 489 g/mol. The van der Waals surface area contributed by atoms with Crippen molar-refractivity contribution in [3.05, 3.63) is 48.5 Å². The van der Waals surface area contributed by atoms with Crippen molar-refractivity contribution in [2.75, 3.05) is 48.6 Å². The molecule has 0 aliphatic carbocycles.